The molecule has 3 aromatic rings. The van der Waals surface area contributed by atoms with E-state index in [0.29, 0.717) is 18.1 Å². The van der Waals surface area contributed by atoms with Crippen LogP contribution in [0.2, 0.25) is 0 Å². The Bertz CT molecular complexity index is 708. The molecule has 0 bridgehead atoms. The fraction of sp³-hybridized carbons (Fsp3) is 0.154. The molecule has 0 amide bonds. The standard InChI is InChI=1S/C13H13N5O/c1-8-4-9-10(5-15-8)11(14)2-3-12(9)16-6-13-17-7-19-18-13/h2-5,7,16H,6,14H2,1H3. The summed E-state index contributed by atoms with van der Waals surface area (Å²) in [5.41, 5.74) is 8.59. The molecule has 0 saturated carbocycles. The van der Waals surface area contributed by atoms with Crippen molar-refractivity contribution in [2.75, 3.05) is 11.1 Å². The summed E-state index contributed by atoms with van der Waals surface area (Å²) in [7, 11) is 0. The average molecular weight is 255 g/mol. The second-order valence-electron chi connectivity index (χ2n) is 4.27. The molecular formula is C13H13N5O. The number of fused-ring (bicyclic) bond motifs is 1. The summed E-state index contributed by atoms with van der Waals surface area (Å²) in [5, 5.41) is 9.01. The van der Waals surface area contributed by atoms with Gasteiger partial charge in [0.25, 0.3) is 0 Å². The highest BCUT2D eigenvalue weighted by Gasteiger charge is 2.06. The van der Waals surface area contributed by atoms with Crippen LogP contribution >= 0.6 is 0 Å². The minimum Gasteiger partial charge on any atom is -0.398 e. The van der Waals surface area contributed by atoms with Crippen LogP contribution in [0.5, 0.6) is 0 Å². The molecule has 0 aliphatic heterocycles. The van der Waals surface area contributed by atoms with Gasteiger partial charge in [0.2, 0.25) is 6.39 Å². The van der Waals surface area contributed by atoms with Gasteiger partial charge in [0, 0.05) is 34.0 Å². The van der Waals surface area contributed by atoms with E-state index in [1.807, 2.05) is 25.1 Å². The molecule has 0 fully saturated rings. The zero-order chi connectivity index (χ0) is 13.2. The molecule has 96 valence electrons. The first-order valence-electron chi connectivity index (χ1n) is 5.88. The lowest BCUT2D eigenvalue weighted by molar-refractivity contribution is 0.411. The van der Waals surface area contributed by atoms with Crippen LogP contribution < -0.4 is 11.1 Å². The van der Waals surface area contributed by atoms with Crippen molar-refractivity contribution in [1.82, 2.24) is 15.1 Å². The summed E-state index contributed by atoms with van der Waals surface area (Å²) in [4.78, 5) is 8.24. The van der Waals surface area contributed by atoms with Crippen molar-refractivity contribution in [2.24, 2.45) is 0 Å². The highest BCUT2D eigenvalue weighted by atomic mass is 16.5. The topological polar surface area (TPSA) is 89.9 Å². The number of benzene rings is 1. The van der Waals surface area contributed by atoms with Crippen molar-refractivity contribution >= 4 is 22.1 Å². The summed E-state index contributed by atoms with van der Waals surface area (Å²) in [6.07, 6.45) is 3.10. The summed E-state index contributed by atoms with van der Waals surface area (Å²) < 4.78 is 4.70. The van der Waals surface area contributed by atoms with Crippen molar-refractivity contribution in [2.45, 2.75) is 13.5 Å². The van der Waals surface area contributed by atoms with Crippen LogP contribution in [-0.4, -0.2) is 15.1 Å². The largest absolute Gasteiger partial charge is 0.398 e. The zero-order valence-corrected chi connectivity index (χ0v) is 10.4. The number of aromatic nitrogens is 3. The van der Waals surface area contributed by atoms with Gasteiger partial charge in [-0.05, 0) is 25.1 Å². The highest BCUT2D eigenvalue weighted by molar-refractivity contribution is 6.00. The number of aryl methyl sites for hydroxylation is 1. The number of nitrogen functional groups attached to an aromatic ring is 1. The average Bonchev–Trinajstić information content (AvgIpc) is 2.91. The Morgan fingerprint density at radius 2 is 2.16 bits per heavy atom. The maximum Gasteiger partial charge on any atom is 0.213 e. The Morgan fingerprint density at radius 3 is 2.95 bits per heavy atom. The smallest absolute Gasteiger partial charge is 0.213 e. The number of rotatable bonds is 3. The molecule has 3 N–H and O–H groups in total. The van der Waals surface area contributed by atoms with E-state index in [1.165, 1.54) is 6.39 Å². The third-order valence-corrected chi connectivity index (χ3v) is 2.92. The van der Waals surface area contributed by atoms with Gasteiger partial charge in [-0.3, -0.25) is 4.98 Å². The van der Waals surface area contributed by atoms with Gasteiger partial charge in [-0.25, -0.2) is 0 Å². The quantitative estimate of drug-likeness (QED) is 0.697. The normalized spacial score (nSPS) is 10.8. The molecule has 6 nitrogen and oxygen atoms in total. The van der Waals surface area contributed by atoms with Crippen LogP contribution in [0, 0.1) is 6.92 Å². The number of nitrogens with one attached hydrogen (secondary N) is 1. The zero-order valence-electron chi connectivity index (χ0n) is 10.4. The summed E-state index contributed by atoms with van der Waals surface area (Å²) >= 11 is 0. The molecule has 19 heavy (non-hydrogen) atoms. The van der Waals surface area contributed by atoms with Gasteiger partial charge in [-0.2, -0.15) is 4.98 Å². The SMILES string of the molecule is Cc1cc2c(NCc3ncon3)ccc(N)c2cn1. The predicted molar refractivity (Wildman–Crippen MR) is 72.5 cm³/mol. The van der Waals surface area contributed by atoms with Crippen LogP contribution in [0.3, 0.4) is 0 Å². The van der Waals surface area contributed by atoms with E-state index in [1.54, 1.807) is 6.20 Å². The van der Waals surface area contributed by atoms with Crippen LogP contribution in [0.4, 0.5) is 11.4 Å². The first-order chi connectivity index (χ1) is 9.24. The molecule has 0 aliphatic rings. The molecule has 0 radical (unpaired) electrons. The lowest BCUT2D eigenvalue weighted by Crippen LogP contribution is -2.02. The Morgan fingerprint density at radius 1 is 1.26 bits per heavy atom. The van der Waals surface area contributed by atoms with E-state index in [2.05, 4.69) is 20.4 Å². The number of nitrogens with two attached hydrogens (primary N) is 1. The van der Waals surface area contributed by atoms with Gasteiger partial charge in [0.15, 0.2) is 5.82 Å². The molecule has 6 heteroatoms. The molecule has 0 saturated heterocycles. The molecular weight excluding hydrogens is 242 g/mol. The maximum atomic E-state index is 5.96. The van der Waals surface area contributed by atoms with Crippen LogP contribution in [0.15, 0.2) is 35.3 Å². The van der Waals surface area contributed by atoms with Crippen LogP contribution in [0.1, 0.15) is 11.5 Å². The number of anilines is 2. The molecule has 0 spiro atoms. The first-order valence-corrected chi connectivity index (χ1v) is 5.88. The van der Waals surface area contributed by atoms with Gasteiger partial charge in [0.05, 0.1) is 6.54 Å². The Balaban J connectivity index is 1.98. The van der Waals surface area contributed by atoms with E-state index >= 15 is 0 Å². The molecule has 0 atom stereocenters. The Hall–Kier alpha value is -2.63. The number of pyridine rings is 1. The predicted octanol–water partition coefficient (Wildman–Crippen LogP) is 2.12. The highest BCUT2D eigenvalue weighted by Crippen LogP contribution is 2.28. The number of nitrogens with zero attached hydrogens (tertiary/aromatic N) is 3. The van der Waals surface area contributed by atoms with Crippen molar-refractivity contribution < 1.29 is 4.52 Å². The van der Waals surface area contributed by atoms with Crippen molar-refractivity contribution in [1.29, 1.82) is 0 Å². The molecule has 1 aromatic carbocycles. The lowest BCUT2D eigenvalue weighted by atomic mass is 10.1. The molecule has 2 heterocycles. The minimum atomic E-state index is 0.497. The molecule has 3 rings (SSSR count). The summed E-state index contributed by atoms with van der Waals surface area (Å²) in [5.74, 6) is 0.607. The second kappa shape index (κ2) is 4.56. The van der Waals surface area contributed by atoms with Crippen LogP contribution in [0.25, 0.3) is 10.8 Å². The third kappa shape index (κ3) is 2.20. The fourth-order valence-corrected chi connectivity index (χ4v) is 1.96. The van der Waals surface area contributed by atoms with Crippen molar-refractivity contribution in [3.63, 3.8) is 0 Å². The van der Waals surface area contributed by atoms with Gasteiger partial charge in [-0.1, -0.05) is 5.16 Å². The second-order valence-corrected chi connectivity index (χ2v) is 4.27. The van der Waals surface area contributed by atoms with E-state index in [-0.39, 0.29) is 0 Å². The number of hydrogen-bond donors (Lipinski definition) is 2. The minimum absolute atomic E-state index is 0.497. The van der Waals surface area contributed by atoms with E-state index < -0.39 is 0 Å². The molecule has 0 aliphatic carbocycles. The monoisotopic (exact) mass is 255 g/mol. The fourth-order valence-electron chi connectivity index (χ4n) is 1.96. The van der Waals surface area contributed by atoms with Crippen LogP contribution in [-0.2, 0) is 6.54 Å². The van der Waals surface area contributed by atoms with Gasteiger partial charge in [0.1, 0.15) is 0 Å². The summed E-state index contributed by atoms with van der Waals surface area (Å²) in [6, 6.07) is 5.80. The van der Waals surface area contributed by atoms with Gasteiger partial charge >= 0.3 is 0 Å². The first kappa shape index (κ1) is 11.5. The lowest BCUT2D eigenvalue weighted by Gasteiger charge is -2.10. The maximum absolute atomic E-state index is 5.96. The summed E-state index contributed by atoms with van der Waals surface area (Å²) in [6.45, 7) is 2.45. The van der Waals surface area contributed by atoms with Gasteiger partial charge in [-0.15, -0.1) is 0 Å². The van der Waals surface area contributed by atoms with Crippen molar-refractivity contribution in [3.8, 4) is 0 Å². The number of hydrogen-bond acceptors (Lipinski definition) is 6. The Kier molecular flexibility index (Phi) is 2.75. The van der Waals surface area contributed by atoms with E-state index in [4.69, 9.17) is 10.3 Å². The van der Waals surface area contributed by atoms with E-state index in [9.17, 15) is 0 Å². The molecule has 0 unspecified atom stereocenters. The third-order valence-electron chi connectivity index (χ3n) is 2.92. The van der Waals surface area contributed by atoms with Gasteiger partial charge < -0.3 is 15.6 Å². The molecule has 2 aromatic heterocycles. The van der Waals surface area contributed by atoms with Crippen molar-refractivity contribution in [3.05, 3.63) is 42.3 Å². The van der Waals surface area contributed by atoms with E-state index in [0.717, 1.165) is 22.2 Å². The Labute approximate surface area is 109 Å².